The van der Waals surface area contributed by atoms with Gasteiger partial charge in [0.05, 0.1) is 11.9 Å². The standard InChI is InChI=1S/C25H22FN5O2S/c1-15(2)16-3-5-18(6-4-16)21-13-27-23(33-21)12-11-22(32)28-24-29-25-31(30-24)20(14-34-25)17-7-9-19(26)10-8-17/h3-10,13-15H,11-12H2,1-2H3,(H,28,30,32). The molecule has 0 aliphatic heterocycles. The molecule has 0 saturated carbocycles. The SMILES string of the molecule is CC(C)c1ccc(-c2cnc(CCC(=O)Nc3nc4scc(-c5ccc(F)cc5)n4n3)o2)cc1. The summed E-state index contributed by atoms with van der Waals surface area (Å²) in [6.07, 6.45) is 2.22. The van der Waals surface area contributed by atoms with E-state index in [0.29, 0.717) is 29.0 Å². The molecule has 1 amide bonds. The predicted molar refractivity (Wildman–Crippen MR) is 129 cm³/mol. The van der Waals surface area contributed by atoms with Crippen LogP contribution < -0.4 is 5.32 Å². The molecule has 9 heteroatoms. The largest absolute Gasteiger partial charge is 0.441 e. The molecule has 5 rings (SSSR count). The number of rotatable bonds is 7. The summed E-state index contributed by atoms with van der Waals surface area (Å²) in [5.74, 6) is 1.32. The van der Waals surface area contributed by atoms with Crippen LogP contribution in [0.3, 0.4) is 0 Å². The summed E-state index contributed by atoms with van der Waals surface area (Å²) in [6, 6.07) is 14.4. The average Bonchev–Trinajstić information content (AvgIpc) is 3.55. The number of benzene rings is 2. The van der Waals surface area contributed by atoms with E-state index in [0.717, 1.165) is 16.8 Å². The third kappa shape index (κ3) is 4.60. The molecule has 0 fully saturated rings. The van der Waals surface area contributed by atoms with Crippen LogP contribution in [0.5, 0.6) is 0 Å². The highest BCUT2D eigenvalue weighted by atomic mass is 32.1. The number of hydrogen-bond acceptors (Lipinski definition) is 6. The highest BCUT2D eigenvalue weighted by molar-refractivity contribution is 7.15. The van der Waals surface area contributed by atoms with Gasteiger partial charge in [-0.05, 0) is 35.7 Å². The van der Waals surface area contributed by atoms with Gasteiger partial charge in [0.25, 0.3) is 0 Å². The lowest BCUT2D eigenvalue weighted by Gasteiger charge is -2.05. The van der Waals surface area contributed by atoms with Crippen LogP contribution in [0.4, 0.5) is 10.3 Å². The minimum atomic E-state index is -0.302. The van der Waals surface area contributed by atoms with E-state index in [2.05, 4.69) is 46.4 Å². The molecule has 0 unspecified atom stereocenters. The van der Waals surface area contributed by atoms with Gasteiger partial charge in [0.2, 0.25) is 16.8 Å². The van der Waals surface area contributed by atoms with Crippen molar-refractivity contribution >= 4 is 28.2 Å². The van der Waals surface area contributed by atoms with Crippen molar-refractivity contribution in [2.75, 3.05) is 5.32 Å². The van der Waals surface area contributed by atoms with Crippen molar-refractivity contribution in [2.24, 2.45) is 0 Å². The number of aromatic nitrogens is 4. The maximum Gasteiger partial charge on any atom is 0.250 e. The minimum Gasteiger partial charge on any atom is -0.441 e. The third-order valence-corrected chi connectivity index (χ3v) is 6.27. The molecule has 0 bridgehead atoms. The van der Waals surface area contributed by atoms with E-state index >= 15 is 0 Å². The summed E-state index contributed by atoms with van der Waals surface area (Å²) in [6.45, 7) is 4.30. The van der Waals surface area contributed by atoms with E-state index in [1.807, 2.05) is 17.5 Å². The van der Waals surface area contributed by atoms with Gasteiger partial charge in [-0.25, -0.2) is 13.9 Å². The summed E-state index contributed by atoms with van der Waals surface area (Å²) >= 11 is 1.39. The molecule has 34 heavy (non-hydrogen) atoms. The molecule has 7 nitrogen and oxygen atoms in total. The Balaban J connectivity index is 1.21. The van der Waals surface area contributed by atoms with Gasteiger partial charge in [0.1, 0.15) is 5.82 Å². The van der Waals surface area contributed by atoms with E-state index < -0.39 is 0 Å². The molecule has 5 aromatic rings. The van der Waals surface area contributed by atoms with Gasteiger partial charge in [-0.1, -0.05) is 38.1 Å². The molecule has 172 valence electrons. The zero-order valence-electron chi connectivity index (χ0n) is 18.7. The lowest BCUT2D eigenvalue weighted by molar-refractivity contribution is -0.116. The molecule has 0 aliphatic carbocycles. The van der Waals surface area contributed by atoms with Crippen LogP contribution in [0.2, 0.25) is 0 Å². The van der Waals surface area contributed by atoms with Crippen molar-refractivity contribution in [1.82, 2.24) is 19.6 Å². The van der Waals surface area contributed by atoms with E-state index in [1.165, 1.54) is 29.0 Å². The number of nitrogens with zero attached hydrogens (tertiary/aromatic N) is 4. The van der Waals surface area contributed by atoms with Crippen LogP contribution in [0.1, 0.15) is 37.6 Å². The normalized spacial score (nSPS) is 11.4. The smallest absolute Gasteiger partial charge is 0.250 e. The predicted octanol–water partition coefficient (Wildman–Crippen LogP) is 5.95. The van der Waals surface area contributed by atoms with Gasteiger partial charge in [-0.15, -0.1) is 16.4 Å². The Labute approximate surface area is 199 Å². The Hall–Kier alpha value is -3.85. The molecule has 0 atom stereocenters. The lowest BCUT2D eigenvalue weighted by Crippen LogP contribution is -2.13. The summed E-state index contributed by atoms with van der Waals surface area (Å²) < 4.78 is 20.7. The van der Waals surface area contributed by atoms with Crippen molar-refractivity contribution in [3.63, 3.8) is 0 Å². The molecule has 3 heterocycles. The van der Waals surface area contributed by atoms with E-state index in [1.54, 1.807) is 22.8 Å². The number of anilines is 1. The van der Waals surface area contributed by atoms with Crippen LogP contribution in [0, 0.1) is 5.82 Å². The van der Waals surface area contributed by atoms with Crippen LogP contribution >= 0.6 is 11.3 Å². The number of halogens is 1. The third-order valence-electron chi connectivity index (χ3n) is 5.45. The second-order valence-electron chi connectivity index (χ2n) is 8.20. The van der Waals surface area contributed by atoms with Crippen LogP contribution in [-0.2, 0) is 11.2 Å². The van der Waals surface area contributed by atoms with Gasteiger partial charge in [0, 0.05) is 29.3 Å². The first kappa shape index (κ1) is 22.0. The highest BCUT2D eigenvalue weighted by Crippen LogP contribution is 2.26. The number of aryl methyl sites for hydroxylation is 1. The summed E-state index contributed by atoms with van der Waals surface area (Å²) in [5, 5.41) is 9.00. The van der Waals surface area contributed by atoms with Crippen molar-refractivity contribution in [3.8, 4) is 22.6 Å². The number of fused-ring (bicyclic) bond motifs is 1. The Morgan fingerprint density at radius 1 is 1.12 bits per heavy atom. The quantitative estimate of drug-likeness (QED) is 0.315. The number of oxazole rings is 1. The number of amides is 1. The first-order chi connectivity index (χ1) is 16.5. The molecule has 0 saturated heterocycles. The maximum atomic E-state index is 13.2. The second-order valence-corrected chi connectivity index (χ2v) is 9.04. The number of thiazole rings is 1. The van der Waals surface area contributed by atoms with Crippen molar-refractivity contribution < 1.29 is 13.6 Å². The zero-order valence-corrected chi connectivity index (χ0v) is 19.5. The van der Waals surface area contributed by atoms with E-state index in [9.17, 15) is 9.18 Å². The fraction of sp³-hybridized carbons (Fsp3) is 0.200. The molecule has 0 aliphatic rings. The Morgan fingerprint density at radius 2 is 1.85 bits per heavy atom. The molecular formula is C25H22FN5O2S. The van der Waals surface area contributed by atoms with Gasteiger partial charge >= 0.3 is 0 Å². The first-order valence-corrected chi connectivity index (χ1v) is 11.8. The van der Waals surface area contributed by atoms with E-state index in [-0.39, 0.29) is 24.1 Å². The van der Waals surface area contributed by atoms with Crippen LogP contribution in [0.25, 0.3) is 27.5 Å². The number of nitrogens with one attached hydrogen (secondary N) is 1. The number of carbonyl (C=O) groups is 1. The molecule has 1 N–H and O–H groups in total. The summed E-state index contributed by atoms with van der Waals surface area (Å²) in [5.41, 5.74) is 3.81. The topological polar surface area (TPSA) is 85.3 Å². The van der Waals surface area contributed by atoms with Gasteiger partial charge in [-0.3, -0.25) is 10.1 Å². The maximum absolute atomic E-state index is 13.2. The average molecular weight is 476 g/mol. The number of hydrogen-bond donors (Lipinski definition) is 1. The second kappa shape index (κ2) is 9.18. The molecule has 0 radical (unpaired) electrons. The number of carbonyl (C=O) groups excluding carboxylic acids is 1. The fourth-order valence-electron chi connectivity index (χ4n) is 3.55. The van der Waals surface area contributed by atoms with Crippen molar-refractivity contribution in [3.05, 3.63) is 77.4 Å². The van der Waals surface area contributed by atoms with Crippen LogP contribution in [0.15, 0.2) is 64.5 Å². The molecule has 2 aromatic carbocycles. The molecule has 0 spiro atoms. The van der Waals surface area contributed by atoms with Gasteiger partial charge in [0.15, 0.2) is 11.7 Å². The highest BCUT2D eigenvalue weighted by Gasteiger charge is 2.15. The first-order valence-electron chi connectivity index (χ1n) is 10.9. The summed E-state index contributed by atoms with van der Waals surface area (Å²) in [7, 11) is 0. The van der Waals surface area contributed by atoms with E-state index in [4.69, 9.17) is 4.42 Å². The van der Waals surface area contributed by atoms with Crippen molar-refractivity contribution in [2.45, 2.75) is 32.6 Å². The monoisotopic (exact) mass is 475 g/mol. The summed E-state index contributed by atoms with van der Waals surface area (Å²) in [4.78, 5) is 21.7. The zero-order chi connectivity index (χ0) is 23.7. The molecular weight excluding hydrogens is 453 g/mol. The Morgan fingerprint density at radius 3 is 2.59 bits per heavy atom. The van der Waals surface area contributed by atoms with Crippen LogP contribution in [-0.4, -0.2) is 25.5 Å². The van der Waals surface area contributed by atoms with Gasteiger partial charge < -0.3 is 4.42 Å². The fourth-order valence-corrected chi connectivity index (χ4v) is 4.38. The molecule has 3 aromatic heterocycles. The minimum absolute atomic E-state index is 0.184. The Bertz CT molecular complexity index is 1430. The Kier molecular flexibility index (Phi) is 5.93. The lowest BCUT2D eigenvalue weighted by atomic mass is 10.0. The van der Waals surface area contributed by atoms with Crippen molar-refractivity contribution in [1.29, 1.82) is 0 Å². The van der Waals surface area contributed by atoms with Gasteiger partial charge in [-0.2, -0.15) is 4.98 Å².